The van der Waals surface area contributed by atoms with E-state index in [1.54, 1.807) is 0 Å². The van der Waals surface area contributed by atoms with Gasteiger partial charge in [-0.3, -0.25) is 4.99 Å². The van der Waals surface area contributed by atoms with Crippen molar-refractivity contribution in [2.45, 2.75) is 32.2 Å². The first kappa shape index (κ1) is 6.14. The minimum absolute atomic E-state index is 0.454. The van der Waals surface area contributed by atoms with Crippen molar-refractivity contribution in [3.63, 3.8) is 0 Å². The third kappa shape index (κ3) is 0.898. The third-order valence-electron chi connectivity index (χ3n) is 2.42. The minimum Gasteiger partial charge on any atom is -0.282 e. The lowest BCUT2D eigenvalue weighted by Crippen LogP contribution is -2.19. The first-order chi connectivity index (χ1) is 4.86. The summed E-state index contributed by atoms with van der Waals surface area (Å²) in [5, 5.41) is 0. The molecule has 0 aromatic carbocycles. The molecule has 0 bridgehead atoms. The first-order valence-corrected chi connectivity index (χ1v) is 4.12. The highest BCUT2D eigenvalue weighted by Crippen LogP contribution is 2.30. The summed E-state index contributed by atoms with van der Waals surface area (Å²) in [7, 11) is 0. The SMILES string of the molecule is CC1C=CC(C2CCC2)=N1. The van der Waals surface area contributed by atoms with Crippen LogP contribution < -0.4 is 0 Å². The van der Waals surface area contributed by atoms with E-state index in [-0.39, 0.29) is 0 Å². The lowest BCUT2D eigenvalue weighted by molar-refractivity contribution is 0.414. The highest BCUT2D eigenvalue weighted by atomic mass is 14.8. The predicted octanol–water partition coefficient (Wildman–Crippen LogP) is 2.19. The summed E-state index contributed by atoms with van der Waals surface area (Å²) in [6.07, 6.45) is 8.54. The van der Waals surface area contributed by atoms with E-state index in [2.05, 4.69) is 24.1 Å². The van der Waals surface area contributed by atoms with E-state index >= 15 is 0 Å². The lowest BCUT2D eigenvalue weighted by Gasteiger charge is -2.24. The molecule has 1 atom stereocenters. The number of hydrogen-bond donors (Lipinski definition) is 0. The molecule has 2 aliphatic rings. The second-order valence-corrected chi connectivity index (χ2v) is 3.28. The summed E-state index contributed by atoms with van der Waals surface area (Å²) < 4.78 is 0. The normalized spacial score (nSPS) is 32.1. The van der Waals surface area contributed by atoms with Gasteiger partial charge in [-0.15, -0.1) is 0 Å². The van der Waals surface area contributed by atoms with Gasteiger partial charge in [0.2, 0.25) is 0 Å². The lowest BCUT2D eigenvalue weighted by atomic mass is 9.82. The average Bonchev–Trinajstić information content (AvgIpc) is 2.10. The second kappa shape index (κ2) is 2.22. The molecule has 0 aromatic rings. The summed E-state index contributed by atoms with van der Waals surface area (Å²) in [4.78, 5) is 4.52. The maximum atomic E-state index is 4.52. The van der Waals surface area contributed by atoms with Gasteiger partial charge in [-0.05, 0) is 25.8 Å². The average molecular weight is 135 g/mol. The van der Waals surface area contributed by atoms with Crippen molar-refractivity contribution in [2.24, 2.45) is 10.9 Å². The van der Waals surface area contributed by atoms with E-state index in [1.807, 2.05) is 0 Å². The highest BCUT2D eigenvalue weighted by Gasteiger charge is 2.23. The van der Waals surface area contributed by atoms with Crippen LogP contribution in [0.4, 0.5) is 0 Å². The molecule has 10 heavy (non-hydrogen) atoms. The molecule has 2 rings (SSSR count). The van der Waals surface area contributed by atoms with E-state index in [0.717, 1.165) is 5.92 Å². The fourth-order valence-electron chi connectivity index (χ4n) is 1.50. The van der Waals surface area contributed by atoms with Crippen LogP contribution >= 0.6 is 0 Å². The Kier molecular flexibility index (Phi) is 1.37. The van der Waals surface area contributed by atoms with Crippen molar-refractivity contribution < 1.29 is 0 Å². The highest BCUT2D eigenvalue weighted by molar-refractivity contribution is 5.99. The molecular formula is C9H13N. The Labute approximate surface area is 61.9 Å². The zero-order chi connectivity index (χ0) is 6.97. The largest absolute Gasteiger partial charge is 0.282 e. The Morgan fingerprint density at radius 2 is 2.30 bits per heavy atom. The molecular weight excluding hydrogens is 122 g/mol. The number of nitrogens with zero attached hydrogens (tertiary/aromatic N) is 1. The molecule has 1 unspecified atom stereocenters. The number of aliphatic imine (C=N–C) groups is 1. The van der Waals surface area contributed by atoms with Crippen molar-refractivity contribution in [2.75, 3.05) is 0 Å². The van der Waals surface area contributed by atoms with Gasteiger partial charge in [0.05, 0.1) is 6.04 Å². The van der Waals surface area contributed by atoms with E-state index < -0.39 is 0 Å². The summed E-state index contributed by atoms with van der Waals surface area (Å²) in [5.74, 6) is 0.821. The van der Waals surface area contributed by atoms with Gasteiger partial charge in [0.25, 0.3) is 0 Å². The zero-order valence-electron chi connectivity index (χ0n) is 6.38. The minimum atomic E-state index is 0.454. The van der Waals surface area contributed by atoms with Crippen molar-refractivity contribution in [1.82, 2.24) is 0 Å². The van der Waals surface area contributed by atoms with Crippen LogP contribution in [0.5, 0.6) is 0 Å². The Bertz CT molecular complexity index is 187. The van der Waals surface area contributed by atoms with Crippen molar-refractivity contribution >= 4 is 5.71 Å². The Hall–Kier alpha value is -0.590. The Balaban J connectivity index is 2.05. The van der Waals surface area contributed by atoms with Gasteiger partial charge in [-0.25, -0.2) is 0 Å². The van der Waals surface area contributed by atoms with Gasteiger partial charge in [0.1, 0.15) is 0 Å². The fourth-order valence-corrected chi connectivity index (χ4v) is 1.50. The maximum absolute atomic E-state index is 4.52. The van der Waals surface area contributed by atoms with E-state index in [1.165, 1.54) is 25.0 Å². The standard InChI is InChI=1S/C9H13N/c1-7-5-6-9(10-7)8-3-2-4-8/h5-8H,2-4H2,1H3. The van der Waals surface area contributed by atoms with Crippen molar-refractivity contribution in [1.29, 1.82) is 0 Å². The Morgan fingerprint density at radius 3 is 2.70 bits per heavy atom. The van der Waals surface area contributed by atoms with Crippen molar-refractivity contribution in [3.05, 3.63) is 12.2 Å². The maximum Gasteiger partial charge on any atom is 0.0658 e. The molecule has 1 aliphatic carbocycles. The number of hydrogen-bond acceptors (Lipinski definition) is 1. The molecule has 1 heteroatoms. The molecule has 0 amide bonds. The summed E-state index contributed by atoms with van der Waals surface area (Å²) >= 11 is 0. The zero-order valence-corrected chi connectivity index (χ0v) is 6.38. The quantitative estimate of drug-likeness (QED) is 0.522. The molecule has 0 N–H and O–H groups in total. The third-order valence-corrected chi connectivity index (χ3v) is 2.42. The first-order valence-electron chi connectivity index (χ1n) is 4.12. The van der Waals surface area contributed by atoms with Gasteiger partial charge in [-0.2, -0.15) is 0 Å². The van der Waals surface area contributed by atoms with Crippen LogP contribution in [0.1, 0.15) is 26.2 Å². The molecule has 0 radical (unpaired) electrons. The molecule has 0 spiro atoms. The van der Waals surface area contributed by atoms with Crippen LogP contribution in [0.25, 0.3) is 0 Å². The van der Waals surface area contributed by atoms with Crippen LogP contribution in [-0.4, -0.2) is 11.8 Å². The fraction of sp³-hybridized carbons (Fsp3) is 0.667. The van der Waals surface area contributed by atoms with E-state index in [9.17, 15) is 0 Å². The van der Waals surface area contributed by atoms with Gasteiger partial charge in [0.15, 0.2) is 0 Å². The van der Waals surface area contributed by atoms with Gasteiger partial charge < -0.3 is 0 Å². The summed E-state index contributed by atoms with van der Waals surface area (Å²) in [5.41, 5.74) is 1.36. The molecule has 1 saturated carbocycles. The van der Waals surface area contributed by atoms with Crippen LogP contribution in [0.15, 0.2) is 17.1 Å². The Morgan fingerprint density at radius 1 is 1.50 bits per heavy atom. The van der Waals surface area contributed by atoms with Crippen LogP contribution in [0, 0.1) is 5.92 Å². The molecule has 1 heterocycles. The molecule has 1 nitrogen and oxygen atoms in total. The summed E-state index contributed by atoms with van der Waals surface area (Å²) in [6, 6.07) is 0.454. The monoisotopic (exact) mass is 135 g/mol. The molecule has 1 aliphatic heterocycles. The topological polar surface area (TPSA) is 12.4 Å². The van der Waals surface area contributed by atoms with Gasteiger partial charge in [-0.1, -0.05) is 12.5 Å². The predicted molar refractivity (Wildman–Crippen MR) is 43.4 cm³/mol. The number of rotatable bonds is 1. The van der Waals surface area contributed by atoms with Crippen molar-refractivity contribution in [3.8, 4) is 0 Å². The molecule has 0 saturated heterocycles. The van der Waals surface area contributed by atoms with E-state index in [4.69, 9.17) is 0 Å². The smallest absolute Gasteiger partial charge is 0.0658 e. The molecule has 54 valence electrons. The van der Waals surface area contributed by atoms with Crippen LogP contribution in [0.3, 0.4) is 0 Å². The van der Waals surface area contributed by atoms with Crippen LogP contribution in [0.2, 0.25) is 0 Å². The van der Waals surface area contributed by atoms with E-state index in [0.29, 0.717) is 6.04 Å². The van der Waals surface area contributed by atoms with Crippen LogP contribution in [-0.2, 0) is 0 Å². The molecule has 1 fully saturated rings. The summed E-state index contributed by atoms with van der Waals surface area (Å²) in [6.45, 7) is 2.14. The number of allylic oxidation sites excluding steroid dienone is 1. The molecule has 0 aromatic heterocycles. The second-order valence-electron chi connectivity index (χ2n) is 3.28. The van der Waals surface area contributed by atoms with Gasteiger partial charge in [0, 0.05) is 11.6 Å². The van der Waals surface area contributed by atoms with Gasteiger partial charge >= 0.3 is 0 Å².